The average Bonchev–Trinajstić information content (AvgIpc) is 3.24. The molecule has 1 unspecified atom stereocenters. The molecule has 0 spiro atoms. The van der Waals surface area contributed by atoms with E-state index < -0.39 is 23.5 Å². The Balaban J connectivity index is 2.10. The van der Waals surface area contributed by atoms with Gasteiger partial charge in [0.15, 0.2) is 23.0 Å². The van der Waals surface area contributed by atoms with E-state index in [1.165, 1.54) is 38.5 Å². The minimum absolute atomic E-state index is 0.0327. The molecule has 0 radical (unpaired) electrons. The molecular weight excluding hydrogens is 326 g/mol. The predicted molar refractivity (Wildman–Crippen MR) is 87.8 cm³/mol. The summed E-state index contributed by atoms with van der Waals surface area (Å²) in [6.07, 6.45) is 1.36. The lowest BCUT2D eigenvalue weighted by molar-refractivity contribution is -0.128. The molecule has 0 aliphatic carbocycles. The van der Waals surface area contributed by atoms with E-state index in [0.717, 1.165) is 0 Å². The van der Waals surface area contributed by atoms with Crippen molar-refractivity contribution in [3.63, 3.8) is 0 Å². The van der Waals surface area contributed by atoms with Crippen LogP contribution >= 0.6 is 0 Å². The number of aliphatic hydroxyl groups excluding tert-OH is 1. The monoisotopic (exact) mass is 343 g/mol. The molecule has 0 fully saturated rings. The van der Waals surface area contributed by atoms with Crippen LogP contribution in [0.2, 0.25) is 0 Å². The van der Waals surface area contributed by atoms with Gasteiger partial charge >= 0.3 is 0 Å². The number of hydrogen-bond acceptors (Lipinski definition) is 6. The van der Waals surface area contributed by atoms with Crippen molar-refractivity contribution in [1.82, 2.24) is 4.90 Å². The van der Waals surface area contributed by atoms with E-state index in [9.17, 15) is 14.7 Å². The summed E-state index contributed by atoms with van der Waals surface area (Å²) < 4.78 is 15.6. The van der Waals surface area contributed by atoms with E-state index in [1.54, 1.807) is 24.3 Å². The van der Waals surface area contributed by atoms with Gasteiger partial charge in [-0.2, -0.15) is 0 Å². The molecule has 1 atom stereocenters. The highest BCUT2D eigenvalue weighted by Crippen LogP contribution is 2.40. The minimum atomic E-state index is -0.759. The smallest absolute Gasteiger partial charge is 0.289 e. The van der Waals surface area contributed by atoms with Crippen LogP contribution in [0.5, 0.6) is 11.5 Å². The first kappa shape index (κ1) is 16.6. The Bertz CT molecular complexity index is 852. The largest absolute Gasteiger partial charge is 0.503 e. The summed E-state index contributed by atoms with van der Waals surface area (Å²) in [5.74, 6) is -0.726. The fraction of sp³-hybridized carbons (Fsp3) is 0.222. The minimum Gasteiger partial charge on any atom is -0.503 e. The molecule has 7 nitrogen and oxygen atoms in total. The summed E-state index contributed by atoms with van der Waals surface area (Å²) in [6.45, 7) is 0. The van der Waals surface area contributed by atoms with Gasteiger partial charge in [-0.1, -0.05) is 6.07 Å². The molecule has 130 valence electrons. The Kier molecular flexibility index (Phi) is 4.22. The molecular formula is C18H17NO6. The molecule has 7 heteroatoms. The number of aliphatic hydroxyl groups is 1. The third-order valence-electron chi connectivity index (χ3n) is 4.15. The van der Waals surface area contributed by atoms with Gasteiger partial charge in [0.1, 0.15) is 0 Å². The number of ketones is 1. The van der Waals surface area contributed by atoms with E-state index in [0.29, 0.717) is 17.1 Å². The van der Waals surface area contributed by atoms with Gasteiger partial charge in [0.05, 0.1) is 32.1 Å². The van der Waals surface area contributed by atoms with E-state index in [1.807, 2.05) is 0 Å². The number of ether oxygens (including phenoxy) is 2. The Morgan fingerprint density at radius 2 is 1.92 bits per heavy atom. The number of methoxy groups -OCH3 is 2. The van der Waals surface area contributed by atoms with E-state index >= 15 is 0 Å². The molecule has 3 rings (SSSR count). The van der Waals surface area contributed by atoms with Crippen LogP contribution in [-0.4, -0.2) is 43.0 Å². The second-order valence-corrected chi connectivity index (χ2v) is 5.50. The number of rotatable bonds is 5. The zero-order chi connectivity index (χ0) is 18.1. The number of amides is 1. The van der Waals surface area contributed by atoms with Crippen LogP contribution in [0.1, 0.15) is 22.2 Å². The lowest BCUT2D eigenvalue weighted by Gasteiger charge is -2.23. The first-order valence-electron chi connectivity index (χ1n) is 7.50. The SMILES string of the molecule is COc1ccc(C2C(C(=O)c3ccco3)=C(O)C(=O)N2C)cc1OC. The number of carbonyl (C=O) groups excluding carboxylic acids is 2. The van der Waals surface area contributed by atoms with Crippen LogP contribution in [0.15, 0.2) is 52.3 Å². The molecule has 1 aliphatic heterocycles. The molecule has 1 aromatic carbocycles. The van der Waals surface area contributed by atoms with Crippen LogP contribution in [0.4, 0.5) is 0 Å². The lowest BCUT2D eigenvalue weighted by atomic mass is 9.95. The second-order valence-electron chi connectivity index (χ2n) is 5.50. The zero-order valence-electron chi connectivity index (χ0n) is 14.0. The maximum Gasteiger partial charge on any atom is 0.289 e. The molecule has 0 saturated heterocycles. The van der Waals surface area contributed by atoms with Crippen molar-refractivity contribution in [1.29, 1.82) is 0 Å². The lowest BCUT2D eigenvalue weighted by Crippen LogP contribution is -2.26. The number of hydrogen-bond donors (Lipinski definition) is 1. The molecule has 2 heterocycles. The average molecular weight is 343 g/mol. The van der Waals surface area contributed by atoms with Gasteiger partial charge in [0.2, 0.25) is 5.78 Å². The predicted octanol–water partition coefficient (Wildman–Crippen LogP) is 2.50. The molecule has 25 heavy (non-hydrogen) atoms. The first-order valence-corrected chi connectivity index (χ1v) is 7.50. The number of likely N-dealkylation sites (N-methyl/N-ethyl adjacent to an activating group) is 1. The van der Waals surface area contributed by atoms with Crippen molar-refractivity contribution >= 4 is 11.7 Å². The van der Waals surface area contributed by atoms with Crippen LogP contribution < -0.4 is 9.47 Å². The van der Waals surface area contributed by atoms with Crippen LogP contribution in [0.3, 0.4) is 0 Å². The molecule has 0 bridgehead atoms. The fourth-order valence-corrected chi connectivity index (χ4v) is 2.91. The van der Waals surface area contributed by atoms with E-state index in [4.69, 9.17) is 13.9 Å². The highest BCUT2D eigenvalue weighted by molar-refractivity contribution is 6.14. The quantitative estimate of drug-likeness (QED) is 0.839. The van der Waals surface area contributed by atoms with Gasteiger partial charge in [-0.05, 0) is 29.8 Å². The number of nitrogens with zero attached hydrogens (tertiary/aromatic N) is 1. The van der Waals surface area contributed by atoms with E-state index in [2.05, 4.69) is 0 Å². The Hall–Kier alpha value is -3.22. The van der Waals surface area contributed by atoms with Crippen molar-refractivity contribution in [2.24, 2.45) is 0 Å². The maximum atomic E-state index is 12.7. The molecule has 1 aliphatic rings. The molecule has 0 saturated carbocycles. The Morgan fingerprint density at radius 1 is 1.20 bits per heavy atom. The van der Waals surface area contributed by atoms with Crippen molar-refractivity contribution in [3.05, 3.63) is 59.3 Å². The summed E-state index contributed by atoms with van der Waals surface area (Å²) in [5, 5.41) is 10.2. The summed E-state index contributed by atoms with van der Waals surface area (Å²) in [5.41, 5.74) is 0.571. The third-order valence-corrected chi connectivity index (χ3v) is 4.15. The molecule has 1 amide bonds. The summed E-state index contributed by atoms with van der Waals surface area (Å²) in [7, 11) is 4.52. The van der Waals surface area contributed by atoms with Gasteiger partial charge < -0.3 is 23.9 Å². The van der Waals surface area contributed by atoms with Crippen molar-refractivity contribution < 1.29 is 28.6 Å². The standard InChI is InChI=1S/C18H17NO6/c1-19-15(10-6-7-11(23-2)13(9-10)24-3)14(17(21)18(19)22)16(20)12-5-4-8-25-12/h4-9,15,21H,1-3H3. The number of benzene rings is 1. The van der Waals surface area contributed by atoms with Crippen molar-refractivity contribution in [3.8, 4) is 11.5 Å². The first-order chi connectivity index (χ1) is 12.0. The van der Waals surface area contributed by atoms with Crippen LogP contribution in [-0.2, 0) is 4.79 Å². The Morgan fingerprint density at radius 3 is 2.52 bits per heavy atom. The zero-order valence-corrected chi connectivity index (χ0v) is 14.0. The number of Topliss-reactive ketones (excluding diaryl/α,β-unsaturated/α-hetero) is 1. The molecule has 2 aromatic rings. The van der Waals surface area contributed by atoms with E-state index in [-0.39, 0.29) is 11.3 Å². The second kappa shape index (κ2) is 6.35. The molecule has 1 aromatic heterocycles. The van der Waals surface area contributed by atoms with Crippen molar-refractivity contribution in [2.75, 3.05) is 21.3 Å². The normalized spacial score (nSPS) is 17.2. The number of carbonyl (C=O) groups is 2. The summed E-state index contributed by atoms with van der Waals surface area (Å²) in [4.78, 5) is 26.3. The van der Waals surface area contributed by atoms with Gasteiger partial charge in [-0.25, -0.2) is 0 Å². The highest BCUT2D eigenvalue weighted by atomic mass is 16.5. The fourth-order valence-electron chi connectivity index (χ4n) is 2.91. The molecule has 1 N–H and O–H groups in total. The van der Waals surface area contributed by atoms with Gasteiger partial charge in [-0.15, -0.1) is 0 Å². The van der Waals surface area contributed by atoms with Gasteiger partial charge in [0.25, 0.3) is 5.91 Å². The topological polar surface area (TPSA) is 89.2 Å². The Labute approximate surface area is 144 Å². The third kappa shape index (κ3) is 2.63. The van der Waals surface area contributed by atoms with Gasteiger partial charge in [0, 0.05) is 7.05 Å². The number of furan rings is 1. The summed E-state index contributed by atoms with van der Waals surface area (Å²) in [6, 6.07) is 7.35. The van der Waals surface area contributed by atoms with Crippen LogP contribution in [0, 0.1) is 0 Å². The maximum absolute atomic E-state index is 12.7. The highest BCUT2D eigenvalue weighted by Gasteiger charge is 2.42. The summed E-state index contributed by atoms with van der Waals surface area (Å²) >= 11 is 0. The van der Waals surface area contributed by atoms with Gasteiger partial charge in [-0.3, -0.25) is 9.59 Å². The van der Waals surface area contributed by atoms with Crippen molar-refractivity contribution in [2.45, 2.75) is 6.04 Å². The van der Waals surface area contributed by atoms with Crippen LogP contribution in [0.25, 0.3) is 0 Å².